The maximum atomic E-state index is 12.4. The summed E-state index contributed by atoms with van der Waals surface area (Å²) in [6.45, 7) is 0. The zero-order valence-electron chi connectivity index (χ0n) is 10.4. The molecule has 0 radical (unpaired) electrons. The van der Waals surface area contributed by atoms with Crippen LogP contribution < -0.4 is 5.73 Å². The van der Waals surface area contributed by atoms with E-state index < -0.39 is 29.9 Å². The number of halogens is 3. The average molecular weight is 277 g/mol. The van der Waals surface area contributed by atoms with E-state index >= 15 is 0 Å². The summed E-state index contributed by atoms with van der Waals surface area (Å²) in [5.74, 6) is -0.702. The molecule has 0 amide bonds. The quantitative estimate of drug-likeness (QED) is 0.854. The fraction of sp³-hybridized carbons (Fsp3) is 0.417. The maximum Gasteiger partial charge on any atom is 0.416 e. The monoisotopic (exact) mass is 277 g/mol. The number of rotatable bonds is 4. The molecule has 0 bridgehead atoms. The van der Waals surface area contributed by atoms with Gasteiger partial charge in [-0.15, -0.1) is 0 Å². The van der Waals surface area contributed by atoms with Crippen molar-refractivity contribution in [2.45, 2.75) is 18.3 Å². The number of esters is 1. The van der Waals surface area contributed by atoms with Crippen molar-refractivity contribution >= 4 is 5.97 Å². The Hall–Kier alpha value is -1.60. The first-order chi connectivity index (χ1) is 8.81. The molecule has 0 spiro atoms. The topological polar surface area (TPSA) is 61.5 Å². The summed E-state index contributed by atoms with van der Waals surface area (Å²) in [6, 6.07) is 3.16. The van der Waals surface area contributed by atoms with Crippen molar-refractivity contribution in [3.8, 4) is 0 Å². The smallest absolute Gasteiger partial charge is 0.416 e. The number of hydrogen-bond acceptors (Lipinski definition) is 4. The van der Waals surface area contributed by atoms with Crippen molar-refractivity contribution < 1.29 is 27.4 Å². The van der Waals surface area contributed by atoms with Crippen molar-refractivity contribution in [3.63, 3.8) is 0 Å². The van der Waals surface area contributed by atoms with Crippen LogP contribution in [0, 0.1) is 0 Å². The van der Waals surface area contributed by atoms with Crippen LogP contribution in [0.25, 0.3) is 0 Å². The lowest BCUT2D eigenvalue weighted by molar-refractivity contribution is -0.145. The van der Waals surface area contributed by atoms with Gasteiger partial charge in [0.1, 0.15) is 12.1 Å². The summed E-state index contributed by atoms with van der Waals surface area (Å²) in [4.78, 5) is 11.3. The minimum atomic E-state index is -4.41. The lowest BCUT2D eigenvalue weighted by Crippen LogP contribution is -2.38. The Kier molecular flexibility index (Phi) is 4.90. The molecular weight excluding hydrogens is 263 g/mol. The molecule has 19 heavy (non-hydrogen) atoms. The molecule has 0 saturated carbocycles. The number of methoxy groups -OCH3 is 2. The Bertz CT molecular complexity index is 431. The molecule has 0 aliphatic rings. The molecule has 0 heterocycles. The number of benzene rings is 1. The fourth-order valence-electron chi connectivity index (χ4n) is 1.61. The van der Waals surface area contributed by atoms with Gasteiger partial charge in [0.05, 0.1) is 12.7 Å². The van der Waals surface area contributed by atoms with E-state index in [0.717, 1.165) is 12.1 Å². The first-order valence-corrected chi connectivity index (χ1v) is 5.34. The predicted molar refractivity (Wildman–Crippen MR) is 61.2 cm³/mol. The van der Waals surface area contributed by atoms with E-state index in [2.05, 4.69) is 4.74 Å². The van der Waals surface area contributed by atoms with Crippen molar-refractivity contribution in [1.29, 1.82) is 0 Å². The van der Waals surface area contributed by atoms with Crippen LogP contribution in [-0.2, 0) is 20.4 Å². The third-order valence-electron chi connectivity index (χ3n) is 2.62. The molecule has 2 atom stereocenters. The summed E-state index contributed by atoms with van der Waals surface area (Å²) in [7, 11) is 2.48. The molecule has 1 aromatic rings. The zero-order chi connectivity index (χ0) is 14.6. The van der Waals surface area contributed by atoms with E-state index in [1.54, 1.807) is 0 Å². The summed E-state index contributed by atoms with van der Waals surface area (Å²) in [5.41, 5.74) is 5.21. The van der Waals surface area contributed by atoms with Crippen LogP contribution in [0.15, 0.2) is 24.3 Å². The van der Waals surface area contributed by atoms with Gasteiger partial charge >= 0.3 is 12.1 Å². The van der Waals surface area contributed by atoms with Gasteiger partial charge < -0.3 is 15.2 Å². The highest BCUT2D eigenvalue weighted by Gasteiger charge is 2.31. The Morgan fingerprint density at radius 3 is 2.11 bits per heavy atom. The van der Waals surface area contributed by atoms with Crippen LogP contribution in [0.4, 0.5) is 13.2 Å². The minimum Gasteiger partial charge on any atom is -0.468 e. The SMILES string of the molecule is COC(=O)C(N)C(OC)c1ccc(C(F)(F)F)cc1. The summed E-state index contributed by atoms with van der Waals surface area (Å²) >= 11 is 0. The Morgan fingerprint density at radius 1 is 1.21 bits per heavy atom. The summed E-state index contributed by atoms with van der Waals surface area (Å²) in [5, 5.41) is 0. The van der Waals surface area contributed by atoms with E-state index in [9.17, 15) is 18.0 Å². The molecule has 106 valence electrons. The van der Waals surface area contributed by atoms with Gasteiger partial charge in [-0.25, -0.2) is 0 Å². The lowest BCUT2D eigenvalue weighted by Gasteiger charge is -2.21. The zero-order valence-corrected chi connectivity index (χ0v) is 10.4. The van der Waals surface area contributed by atoms with Gasteiger partial charge in [-0.3, -0.25) is 4.79 Å². The second-order valence-electron chi connectivity index (χ2n) is 3.83. The first kappa shape index (κ1) is 15.5. The Labute approximate surface area is 108 Å². The van der Waals surface area contributed by atoms with E-state index in [1.807, 2.05) is 0 Å². The maximum absolute atomic E-state index is 12.4. The van der Waals surface area contributed by atoms with Gasteiger partial charge in [0.25, 0.3) is 0 Å². The summed E-state index contributed by atoms with van der Waals surface area (Å²) in [6.07, 6.45) is -5.28. The lowest BCUT2D eigenvalue weighted by atomic mass is 10.0. The van der Waals surface area contributed by atoms with E-state index in [0.29, 0.717) is 5.56 Å². The minimum absolute atomic E-state index is 0.369. The van der Waals surface area contributed by atoms with E-state index in [-0.39, 0.29) is 0 Å². The van der Waals surface area contributed by atoms with Crippen molar-refractivity contribution in [2.75, 3.05) is 14.2 Å². The molecular formula is C12H14F3NO3. The standard InChI is InChI=1S/C12H14F3NO3/c1-18-10(9(16)11(17)19-2)7-3-5-8(6-4-7)12(13,14)15/h3-6,9-10H,16H2,1-2H3. The van der Waals surface area contributed by atoms with Crippen LogP contribution >= 0.6 is 0 Å². The van der Waals surface area contributed by atoms with Gasteiger partial charge in [0.2, 0.25) is 0 Å². The molecule has 0 aliphatic heterocycles. The van der Waals surface area contributed by atoms with Crippen molar-refractivity contribution in [1.82, 2.24) is 0 Å². The Morgan fingerprint density at radius 2 is 1.74 bits per heavy atom. The van der Waals surface area contributed by atoms with Crippen LogP contribution in [0.5, 0.6) is 0 Å². The molecule has 1 rings (SSSR count). The number of carbonyl (C=O) groups is 1. The van der Waals surface area contributed by atoms with Gasteiger partial charge in [0.15, 0.2) is 0 Å². The molecule has 2 N–H and O–H groups in total. The Balaban J connectivity index is 2.97. The van der Waals surface area contributed by atoms with Gasteiger partial charge in [-0.05, 0) is 17.7 Å². The van der Waals surface area contributed by atoms with Gasteiger partial charge in [-0.2, -0.15) is 13.2 Å². The largest absolute Gasteiger partial charge is 0.468 e. The molecule has 2 unspecified atom stereocenters. The van der Waals surface area contributed by atoms with E-state index in [4.69, 9.17) is 10.5 Å². The molecule has 7 heteroatoms. The molecule has 0 fully saturated rings. The number of carbonyl (C=O) groups excluding carboxylic acids is 1. The van der Waals surface area contributed by atoms with Gasteiger partial charge in [-0.1, -0.05) is 12.1 Å². The van der Waals surface area contributed by atoms with Crippen LogP contribution in [0.2, 0.25) is 0 Å². The highest BCUT2D eigenvalue weighted by molar-refractivity contribution is 5.76. The predicted octanol–water partition coefficient (Wildman–Crippen LogP) is 1.89. The highest BCUT2D eigenvalue weighted by Crippen LogP contribution is 2.30. The van der Waals surface area contributed by atoms with Crippen molar-refractivity contribution in [3.05, 3.63) is 35.4 Å². The first-order valence-electron chi connectivity index (χ1n) is 5.34. The third kappa shape index (κ3) is 3.68. The normalized spacial score (nSPS) is 14.8. The highest BCUT2D eigenvalue weighted by atomic mass is 19.4. The summed E-state index contributed by atoms with van der Waals surface area (Å²) < 4.78 is 46.8. The number of ether oxygens (including phenoxy) is 2. The number of nitrogens with two attached hydrogens (primary N) is 1. The van der Waals surface area contributed by atoms with Crippen LogP contribution in [0.1, 0.15) is 17.2 Å². The van der Waals surface area contributed by atoms with Crippen LogP contribution in [-0.4, -0.2) is 26.2 Å². The molecule has 1 aromatic carbocycles. The second kappa shape index (κ2) is 6.03. The molecule has 0 saturated heterocycles. The number of hydrogen-bond donors (Lipinski definition) is 1. The second-order valence-corrected chi connectivity index (χ2v) is 3.83. The average Bonchev–Trinajstić information content (AvgIpc) is 2.38. The molecule has 0 aromatic heterocycles. The van der Waals surface area contributed by atoms with Crippen molar-refractivity contribution in [2.24, 2.45) is 5.73 Å². The fourth-order valence-corrected chi connectivity index (χ4v) is 1.61. The molecule has 4 nitrogen and oxygen atoms in total. The van der Waals surface area contributed by atoms with E-state index in [1.165, 1.54) is 26.4 Å². The number of alkyl halides is 3. The molecule has 0 aliphatic carbocycles. The van der Waals surface area contributed by atoms with Crippen LogP contribution in [0.3, 0.4) is 0 Å². The van der Waals surface area contributed by atoms with Gasteiger partial charge in [0, 0.05) is 7.11 Å². The third-order valence-corrected chi connectivity index (χ3v) is 2.62.